The summed E-state index contributed by atoms with van der Waals surface area (Å²) < 4.78 is 11.6. The molecule has 214 valence electrons. The van der Waals surface area contributed by atoms with Gasteiger partial charge in [0.25, 0.3) is 5.91 Å². The highest BCUT2D eigenvalue weighted by Gasteiger charge is 2.57. The fourth-order valence-corrected chi connectivity index (χ4v) is 5.42. The molecule has 3 aliphatic rings. The van der Waals surface area contributed by atoms with Crippen molar-refractivity contribution in [1.82, 2.24) is 15.5 Å². The summed E-state index contributed by atoms with van der Waals surface area (Å²) in [7, 11) is 0. The van der Waals surface area contributed by atoms with Gasteiger partial charge in [0.05, 0.1) is 17.7 Å². The number of carbonyl (C=O) groups excluding carboxylic acids is 5. The summed E-state index contributed by atoms with van der Waals surface area (Å²) in [6.45, 7) is 14.7. The number of amides is 4. The Morgan fingerprint density at radius 3 is 2.16 bits per heavy atom. The van der Waals surface area contributed by atoms with Crippen LogP contribution < -0.4 is 16.4 Å². The average Bonchev–Trinajstić information content (AvgIpc) is 3.41. The zero-order valence-corrected chi connectivity index (χ0v) is 23.9. The normalized spacial score (nSPS) is 26.2. The van der Waals surface area contributed by atoms with Crippen LogP contribution in [0.4, 0.5) is 4.79 Å². The van der Waals surface area contributed by atoms with Gasteiger partial charge in [-0.25, -0.2) is 4.79 Å². The number of hydrogen-bond acceptors (Lipinski definition) is 7. The molecule has 11 heteroatoms. The van der Waals surface area contributed by atoms with E-state index in [0.29, 0.717) is 12.8 Å². The van der Waals surface area contributed by atoms with Crippen LogP contribution in [-0.2, 0) is 28.7 Å². The third-order valence-electron chi connectivity index (χ3n) is 7.26. The topological polar surface area (TPSA) is 157 Å². The number of rotatable bonds is 8. The smallest absolute Gasteiger partial charge is 0.408 e. The Morgan fingerprint density at radius 2 is 1.66 bits per heavy atom. The number of carbonyl (C=O) groups is 5. The molecule has 2 unspecified atom stereocenters. The van der Waals surface area contributed by atoms with Crippen LogP contribution in [0.1, 0.15) is 81.1 Å². The van der Waals surface area contributed by atoms with E-state index in [1.165, 1.54) is 4.90 Å². The molecule has 1 aliphatic carbocycles. The van der Waals surface area contributed by atoms with Crippen molar-refractivity contribution in [1.29, 1.82) is 0 Å². The molecule has 4 N–H and O–H groups in total. The second-order valence-electron chi connectivity index (χ2n) is 13.6. The number of nitrogens with two attached hydrogens (primary N) is 1. The number of primary amides is 1. The van der Waals surface area contributed by atoms with Crippen LogP contribution >= 0.6 is 0 Å². The van der Waals surface area contributed by atoms with Crippen LogP contribution in [0.5, 0.6) is 0 Å². The van der Waals surface area contributed by atoms with E-state index in [-0.39, 0.29) is 24.5 Å². The van der Waals surface area contributed by atoms with E-state index >= 15 is 0 Å². The Labute approximate surface area is 224 Å². The van der Waals surface area contributed by atoms with Gasteiger partial charge in [-0.1, -0.05) is 33.6 Å². The van der Waals surface area contributed by atoms with Crippen molar-refractivity contribution >= 4 is 29.6 Å². The third-order valence-corrected chi connectivity index (χ3v) is 7.26. The van der Waals surface area contributed by atoms with Crippen LogP contribution in [0.2, 0.25) is 0 Å². The molecule has 5 atom stereocenters. The maximum absolute atomic E-state index is 14.0. The highest BCUT2D eigenvalue weighted by Crippen LogP contribution is 2.43. The zero-order valence-electron chi connectivity index (χ0n) is 23.9. The molecule has 3 rings (SSSR count). The van der Waals surface area contributed by atoms with Gasteiger partial charge >= 0.3 is 6.09 Å². The van der Waals surface area contributed by atoms with Gasteiger partial charge in [-0.2, -0.15) is 0 Å². The van der Waals surface area contributed by atoms with E-state index in [2.05, 4.69) is 10.6 Å². The van der Waals surface area contributed by atoms with Gasteiger partial charge in [0.1, 0.15) is 17.7 Å². The minimum atomic E-state index is -1.10. The molecule has 2 heterocycles. The van der Waals surface area contributed by atoms with Gasteiger partial charge in [-0.3, -0.25) is 19.2 Å². The molecule has 0 radical (unpaired) electrons. The van der Waals surface area contributed by atoms with Gasteiger partial charge in [0, 0.05) is 12.5 Å². The van der Waals surface area contributed by atoms with Crippen LogP contribution in [0.15, 0.2) is 0 Å². The first kappa shape index (κ1) is 29.9. The number of Topliss-reactive ketones (excluding diaryl/α,β-unsaturated/α-hetero) is 1. The predicted molar refractivity (Wildman–Crippen MR) is 139 cm³/mol. The number of fused-ring (bicyclic) bond motifs is 1. The van der Waals surface area contributed by atoms with Crippen LogP contribution in [0.25, 0.3) is 0 Å². The quantitative estimate of drug-likeness (QED) is 0.398. The van der Waals surface area contributed by atoms with Crippen molar-refractivity contribution in [2.24, 2.45) is 23.0 Å². The molecule has 0 bridgehead atoms. The second kappa shape index (κ2) is 10.5. The van der Waals surface area contributed by atoms with Gasteiger partial charge < -0.3 is 30.7 Å². The number of alkyl carbamates (subject to hydrolysis) is 1. The maximum Gasteiger partial charge on any atom is 0.408 e. The second-order valence-corrected chi connectivity index (χ2v) is 13.6. The van der Waals surface area contributed by atoms with Crippen molar-refractivity contribution in [2.75, 3.05) is 6.54 Å². The van der Waals surface area contributed by atoms with E-state index in [9.17, 15) is 24.0 Å². The lowest BCUT2D eigenvalue weighted by Gasteiger charge is -2.37. The molecule has 0 aromatic rings. The number of likely N-dealkylation sites (tertiary alicyclic amines) is 1. The SMILES string of the molecule is CC(C)(C)OC(=O)N[C@H](C(=O)N1C[C@@H]2OC(C)(C)CC2[C@H]1C(=O)NC(CC1CC1)C(=O)C(N)=O)C(C)(C)C. The molecule has 4 amide bonds. The fraction of sp³-hybridized carbons (Fsp3) is 0.815. The Balaban J connectivity index is 1.89. The Morgan fingerprint density at radius 1 is 1.05 bits per heavy atom. The molecule has 2 aliphatic heterocycles. The Hall–Kier alpha value is -2.69. The molecule has 0 aromatic heterocycles. The molecule has 11 nitrogen and oxygen atoms in total. The summed E-state index contributed by atoms with van der Waals surface area (Å²) in [5.74, 6) is -3.00. The minimum absolute atomic E-state index is 0.157. The summed E-state index contributed by atoms with van der Waals surface area (Å²) in [6, 6.07) is -2.98. The molecule has 1 saturated carbocycles. The molecule has 0 aromatic carbocycles. The highest BCUT2D eigenvalue weighted by molar-refractivity contribution is 6.37. The standard InChI is InChI=1S/C27H44N4O7/c1-25(2,3)20(30-24(36)38-26(4,5)6)23(35)31-13-17-15(12-27(7,8)37-17)18(31)22(34)29-16(11-14-9-10-14)19(32)21(28)33/h14-18,20H,9-13H2,1-8H3,(H2,28,33)(H,29,34)(H,30,36)/t15?,16?,17-,18-,20+/m0/s1. The lowest BCUT2D eigenvalue weighted by atomic mass is 9.85. The number of nitrogens with one attached hydrogen (secondary N) is 2. The van der Waals surface area contributed by atoms with Crippen LogP contribution in [-0.4, -0.2) is 76.5 Å². The number of ketones is 1. The predicted octanol–water partition coefficient (Wildman–Crippen LogP) is 1.66. The largest absolute Gasteiger partial charge is 0.444 e. The Bertz CT molecular complexity index is 977. The lowest BCUT2D eigenvalue weighted by molar-refractivity contribution is -0.145. The van der Waals surface area contributed by atoms with Crippen molar-refractivity contribution in [3.8, 4) is 0 Å². The van der Waals surface area contributed by atoms with Gasteiger partial charge in [0.15, 0.2) is 0 Å². The summed E-state index contributed by atoms with van der Waals surface area (Å²) in [6.07, 6.45) is 1.57. The van der Waals surface area contributed by atoms with Gasteiger partial charge in [0.2, 0.25) is 17.6 Å². The maximum atomic E-state index is 14.0. The van der Waals surface area contributed by atoms with Crippen molar-refractivity contribution in [2.45, 2.75) is 117 Å². The van der Waals surface area contributed by atoms with Crippen molar-refractivity contribution in [3.63, 3.8) is 0 Å². The fourth-order valence-electron chi connectivity index (χ4n) is 5.42. The van der Waals surface area contributed by atoms with Crippen LogP contribution in [0.3, 0.4) is 0 Å². The van der Waals surface area contributed by atoms with Gasteiger partial charge in [-0.15, -0.1) is 0 Å². The summed E-state index contributed by atoms with van der Waals surface area (Å²) >= 11 is 0. The number of nitrogens with zero attached hydrogens (tertiary/aromatic N) is 1. The van der Waals surface area contributed by atoms with E-state index in [1.807, 2.05) is 34.6 Å². The first-order chi connectivity index (χ1) is 17.3. The molecule has 38 heavy (non-hydrogen) atoms. The van der Waals surface area contributed by atoms with E-state index < -0.39 is 64.3 Å². The average molecular weight is 537 g/mol. The minimum Gasteiger partial charge on any atom is -0.444 e. The first-order valence-electron chi connectivity index (χ1n) is 13.4. The first-order valence-corrected chi connectivity index (χ1v) is 13.4. The molecule has 0 spiro atoms. The highest BCUT2D eigenvalue weighted by atomic mass is 16.6. The summed E-state index contributed by atoms with van der Waals surface area (Å²) in [5, 5.41) is 5.43. The number of hydrogen-bond donors (Lipinski definition) is 3. The van der Waals surface area contributed by atoms with Gasteiger partial charge in [-0.05, 0) is 58.8 Å². The lowest BCUT2D eigenvalue weighted by Crippen LogP contribution is -2.60. The number of ether oxygens (including phenoxy) is 2. The summed E-state index contributed by atoms with van der Waals surface area (Å²) in [5.41, 5.74) is 3.31. The van der Waals surface area contributed by atoms with E-state index in [4.69, 9.17) is 15.2 Å². The Kier molecular flexibility index (Phi) is 8.22. The van der Waals surface area contributed by atoms with E-state index in [1.54, 1.807) is 20.8 Å². The van der Waals surface area contributed by atoms with Crippen molar-refractivity contribution in [3.05, 3.63) is 0 Å². The zero-order chi connectivity index (χ0) is 28.8. The van der Waals surface area contributed by atoms with E-state index in [0.717, 1.165) is 12.8 Å². The molecular formula is C27H44N4O7. The van der Waals surface area contributed by atoms with Crippen molar-refractivity contribution < 1.29 is 33.4 Å². The summed E-state index contributed by atoms with van der Waals surface area (Å²) in [4.78, 5) is 66.0. The molecular weight excluding hydrogens is 492 g/mol. The van der Waals surface area contributed by atoms with Crippen LogP contribution in [0, 0.1) is 17.3 Å². The molecule has 3 fully saturated rings. The third kappa shape index (κ3) is 7.24. The molecule has 2 saturated heterocycles. The monoisotopic (exact) mass is 536 g/mol.